The Bertz CT molecular complexity index is 605. The van der Waals surface area contributed by atoms with E-state index in [1.54, 1.807) is 0 Å². The Hall–Kier alpha value is -1.60. The summed E-state index contributed by atoms with van der Waals surface area (Å²) in [7, 11) is 0. The highest BCUT2D eigenvalue weighted by Crippen LogP contribution is 2.34. The SMILES string of the molecule is CC(=O)OCCNC(=S)NC(Cc1ccccn1)C1=C(C)CCS1. The first-order valence-electron chi connectivity index (χ1n) is 7.96. The third-order valence-corrected chi connectivity index (χ3v) is 5.22. The molecule has 130 valence electrons. The minimum atomic E-state index is -0.285. The lowest BCUT2D eigenvalue weighted by Gasteiger charge is -2.22. The lowest BCUT2D eigenvalue weighted by atomic mass is 10.1. The normalized spacial score (nSPS) is 15.1. The maximum atomic E-state index is 10.8. The van der Waals surface area contributed by atoms with E-state index in [-0.39, 0.29) is 12.0 Å². The highest BCUT2D eigenvalue weighted by atomic mass is 32.2. The molecule has 0 fully saturated rings. The van der Waals surface area contributed by atoms with E-state index in [1.807, 2.05) is 36.2 Å². The van der Waals surface area contributed by atoms with Gasteiger partial charge in [-0.15, -0.1) is 11.8 Å². The predicted octanol–water partition coefficient (Wildman–Crippen LogP) is 2.43. The number of thioether (sulfide) groups is 1. The fourth-order valence-corrected chi connectivity index (χ4v) is 4.03. The third-order valence-electron chi connectivity index (χ3n) is 3.61. The molecule has 0 saturated carbocycles. The van der Waals surface area contributed by atoms with Crippen LogP contribution in [0, 0.1) is 0 Å². The van der Waals surface area contributed by atoms with Crippen molar-refractivity contribution in [2.45, 2.75) is 32.7 Å². The van der Waals surface area contributed by atoms with Crippen LogP contribution in [-0.4, -0.2) is 41.0 Å². The number of rotatable bonds is 7. The van der Waals surface area contributed by atoms with E-state index in [9.17, 15) is 4.79 Å². The monoisotopic (exact) mass is 365 g/mol. The summed E-state index contributed by atoms with van der Waals surface area (Å²) in [5, 5.41) is 7.04. The van der Waals surface area contributed by atoms with Crippen molar-refractivity contribution in [2.75, 3.05) is 18.9 Å². The number of nitrogens with one attached hydrogen (secondary N) is 2. The van der Waals surface area contributed by atoms with Crippen LogP contribution in [0.1, 0.15) is 26.0 Å². The molecule has 1 aliphatic rings. The van der Waals surface area contributed by atoms with E-state index < -0.39 is 0 Å². The molecule has 7 heteroatoms. The van der Waals surface area contributed by atoms with Crippen LogP contribution in [0.15, 0.2) is 34.9 Å². The van der Waals surface area contributed by atoms with Crippen molar-refractivity contribution in [1.29, 1.82) is 0 Å². The number of carbonyl (C=O) groups is 1. The van der Waals surface area contributed by atoms with Gasteiger partial charge in [-0.05, 0) is 37.7 Å². The fraction of sp³-hybridized carbons (Fsp3) is 0.471. The zero-order chi connectivity index (χ0) is 17.4. The molecule has 24 heavy (non-hydrogen) atoms. The summed E-state index contributed by atoms with van der Waals surface area (Å²) in [6, 6.07) is 6.06. The van der Waals surface area contributed by atoms with Gasteiger partial charge in [0, 0.05) is 35.9 Å². The fourth-order valence-electron chi connectivity index (χ4n) is 2.46. The second-order valence-corrected chi connectivity index (χ2v) is 7.11. The number of ether oxygens (including phenoxy) is 1. The van der Waals surface area contributed by atoms with Crippen LogP contribution in [0.5, 0.6) is 0 Å². The van der Waals surface area contributed by atoms with Crippen molar-refractivity contribution in [1.82, 2.24) is 15.6 Å². The number of nitrogens with zero attached hydrogens (tertiary/aromatic N) is 1. The minimum absolute atomic E-state index is 0.112. The topological polar surface area (TPSA) is 63.2 Å². The van der Waals surface area contributed by atoms with Gasteiger partial charge in [0.2, 0.25) is 0 Å². The maximum absolute atomic E-state index is 10.8. The number of allylic oxidation sites excluding steroid dienone is 1. The van der Waals surface area contributed by atoms with E-state index in [4.69, 9.17) is 17.0 Å². The summed E-state index contributed by atoms with van der Waals surface area (Å²) >= 11 is 7.27. The maximum Gasteiger partial charge on any atom is 0.302 e. The molecule has 1 aliphatic heterocycles. The van der Waals surface area contributed by atoms with Crippen LogP contribution >= 0.6 is 24.0 Å². The quantitative estimate of drug-likeness (QED) is 0.437. The zero-order valence-electron chi connectivity index (χ0n) is 14.0. The van der Waals surface area contributed by atoms with Crippen LogP contribution in [-0.2, 0) is 16.0 Å². The summed E-state index contributed by atoms with van der Waals surface area (Å²) in [6.45, 7) is 4.37. The van der Waals surface area contributed by atoms with E-state index in [0.717, 1.165) is 24.3 Å². The lowest BCUT2D eigenvalue weighted by Crippen LogP contribution is -2.44. The first kappa shape index (κ1) is 18.7. The smallest absolute Gasteiger partial charge is 0.302 e. The van der Waals surface area contributed by atoms with Gasteiger partial charge < -0.3 is 15.4 Å². The number of esters is 1. The minimum Gasteiger partial charge on any atom is -0.464 e. The summed E-state index contributed by atoms with van der Waals surface area (Å²) < 4.78 is 4.90. The summed E-state index contributed by atoms with van der Waals surface area (Å²) in [5.41, 5.74) is 2.45. The highest BCUT2D eigenvalue weighted by molar-refractivity contribution is 8.03. The Morgan fingerprint density at radius 3 is 2.96 bits per heavy atom. The van der Waals surface area contributed by atoms with E-state index >= 15 is 0 Å². The summed E-state index contributed by atoms with van der Waals surface area (Å²) in [6.07, 6.45) is 3.71. The van der Waals surface area contributed by atoms with Crippen molar-refractivity contribution < 1.29 is 9.53 Å². The number of pyridine rings is 1. The van der Waals surface area contributed by atoms with Crippen molar-refractivity contribution in [3.8, 4) is 0 Å². The van der Waals surface area contributed by atoms with Gasteiger partial charge in [0.15, 0.2) is 5.11 Å². The number of aromatic nitrogens is 1. The molecular weight excluding hydrogens is 342 g/mol. The average Bonchev–Trinajstić information content (AvgIpc) is 2.98. The Balaban J connectivity index is 1.94. The van der Waals surface area contributed by atoms with Crippen molar-refractivity contribution in [3.63, 3.8) is 0 Å². The molecule has 1 atom stereocenters. The van der Waals surface area contributed by atoms with Gasteiger partial charge in [-0.25, -0.2) is 0 Å². The van der Waals surface area contributed by atoms with Gasteiger partial charge in [-0.3, -0.25) is 9.78 Å². The standard InChI is InChI=1S/C17H23N3O2S2/c1-12-6-10-24-16(12)15(11-14-5-3-4-7-18-14)20-17(23)19-8-9-22-13(2)21/h3-5,7,15H,6,8-11H2,1-2H3,(H2,19,20,23). The largest absolute Gasteiger partial charge is 0.464 e. The van der Waals surface area contributed by atoms with Crippen molar-refractivity contribution >= 4 is 35.1 Å². The molecule has 0 spiro atoms. The van der Waals surface area contributed by atoms with Crippen LogP contribution in [0.25, 0.3) is 0 Å². The molecule has 0 amide bonds. The first-order valence-corrected chi connectivity index (χ1v) is 9.35. The average molecular weight is 366 g/mol. The number of carbonyl (C=O) groups excluding carboxylic acids is 1. The van der Waals surface area contributed by atoms with Gasteiger partial charge >= 0.3 is 5.97 Å². The van der Waals surface area contributed by atoms with Crippen molar-refractivity contribution in [3.05, 3.63) is 40.6 Å². The third kappa shape index (κ3) is 6.13. The van der Waals surface area contributed by atoms with Crippen LogP contribution < -0.4 is 10.6 Å². The molecule has 0 saturated heterocycles. The molecule has 1 aromatic heterocycles. The van der Waals surface area contributed by atoms with Gasteiger partial charge in [-0.1, -0.05) is 11.6 Å². The van der Waals surface area contributed by atoms with Gasteiger partial charge in [0.1, 0.15) is 6.61 Å². The molecule has 2 N–H and O–H groups in total. The highest BCUT2D eigenvalue weighted by Gasteiger charge is 2.23. The van der Waals surface area contributed by atoms with Crippen LogP contribution in [0.3, 0.4) is 0 Å². The predicted molar refractivity (Wildman–Crippen MR) is 102 cm³/mol. The van der Waals surface area contributed by atoms with E-state index in [1.165, 1.54) is 17.4 Å². The first-order chi connectivity index (χ1) is 11.6. The second kappa shape index (κ2) is 9.64. The summed E-state index contributed by atoms with van der Waals surface area (Å²) in [4.78, 5) is 16.5. The Kier molecular flexibility index (Phi) is 7.52. The number of thiocarbonyl (C=S) groups is 1. The molecule has 0 bridgehead atoms. The van der Waals surface area contributed by atoms with E-state index in [2.05, 4.69) is 22.5 Å². The Morgan fingerprint density at radius 1 is 1.50 bits per heavy atom. The second-order valence-electron chi connectivity index (χ2n) is 5.56. The summed E-state index contributed by atoms with van der Waals surface area (Å²) in [5.74, 6) is 0.834. The van der Waals surface area contributed by atoms with Crippen LogP contribution in [0.4, 0.5) is 0 Å². The van der Waals surface area contributed by atoms with Gasteiger partial charge in [0.05, 0.1) is 12.6 Å². The van der Waals surface area contributed by atoms with Crippen LogP contribution in [0.2, 0.25) is 0 Å². The molecule has 1 aromatic rings. The lowest BCUT2D eigenvalue weighted by molar-refractivity contribution is -0.140. The molecular formula is C17H23N3O2S2. The Labute approximate surface area is 152 Å². The Morgan fingerprint density at radius 2 is 2.33 bits per heavy atom. The van der Waals surface area contributed by atoms with E-state index in [0.29, 0.717) is 18.3 Å². The molecule has 0 aliphatic carbocycles. The number of hydrogen-bond acceptors (Lipinski definition) is 5. The molecule has 0 aromatic carbocycles. The van der Waals surface area contributed by atoms with Crippen molar-refractivity contribution in [2.24, 2.45) is 0 Å². The van der Waals surface area contributed by atoms with Gasteiger partial charge in [0.25, 0.3) is 0 Å². The molecule has 1 unspecified atom stereocenters. The number of hydrogen-bond donors (Lipinski definition) is 2. The molecule has 2 rings (SSSR count). The molecule has 2 heterocycles. The molecule has 0 radical (unpaired) electrons. The molecule has 5 nitrogen and oxygen atoms in total. The zero-order valence-corrected chi connectivity index (χ0v) is 15.6. The van der Waals surface area contributed by atoms with Gasteiger partial charge in [-0.2, -0.15) is 0 Å².